The van der Waals surface area contributed by atoms with Crippen molar-refractivity contribution in [2.24, 2.45) is 0 Å². The molecule has 3 heterocycles. The minimum atomic E-state index is -0.0715. The lowest BCUT2D eigenvalue weighted by atomic mass is 10.1. The second-order valence-electron chi connectivity index (χ2n) is 6.41. The van der Waals surface area contributed by atoms with Crippen molar-refractivity contribution in [1.29, 1.82) is 0 Å². The number of carbonyl (C=O) groups excluding carboxylic acids is 1. The highest BCUT2D eigenvalue weighted by Gasteiger charge is 2.23. The summed E-state index contributed by atoms with van der Waals surface area (Å²) in [6.07, 6.45) is 1.60. The fraction of sp³-hybridized carbons (Fsp3) is 0.250. The molecule has 3 aromatic rings. The largest absolute Gasteiger partial charge is 0.378 e. The van der Waals surface area contributed by atoms with Crippen LogP contribution in [0.15, 0.2) is 42.6 Å². The summed E-state index contributed by atoms with van der Waals surface area (Å²) in [4.78, 5) is 23.8. The number of benzene rings is 1. The zero-order valence-electron chi connectivity index (χ0n) is 15.3. The highest BCUT2D eigenvalue weighted by Crippen LogP contribution is 2.30. The molecule has 1 amide bonds. The number of aromatic nitrogens is 2. The Bertz CT molecular complexity index is 1010. The Balaban J connectivity index is 0.00000225. The highest BCUT2D eigenvalue weighted by atomic mass is 35.5. The number of pyridine rings is 2. The minimum Gasteiger partial charge on any atom is -0.378 e. The van der Waals surface area contributed by atoms with Crippen LogP contribution >= 0.6 is 24.0 Å². The number of carbonyl (C=O) groups is 1. The van der Waals surface area contributed by atoms with Crippen molar-refractivity contribution in [2.45, 2.75) is 6.92 Å². The van der Waals surface area contributed by atoms with Gasteiger partial charge in [0.25, 0.3) is 5.91 Å². The van der Waals surface area contributed by atoms with Crippen LogP contribution in [0.25, 0.3) is 11.0 Å². The zero-order valence-corrected chi connectivity index (χ0v) is 16.9. The standard InChI is InChI=1S/C20H19ClN4O2.ClH/c1-13-5-6-16-18(24-15-4-2-3-14(21)11-15)17(12-22-19(16)23-13)20(26)25-7-9-27-10-8-25;/h2-6,11-12H,7-10H2,1H3,(H,22,23,24);1H. The molecule has 0 saturated carbocycles. The Labute approximate surface area is 174 Å². The van der Waals surface area contributed by atoms with E-state index in [0.717, 1.165) is 16.8 Å². The maximum absolute atomic E-state index is 13.1. The molecule has 6 nitrogen and oxygen atoms in total. The van der Waals surface area contributed by atoms with Gasteiger partial charge in [0.2, 0.25) is 0 Å². The predicted molar refractivity (Wildman–Crippen MR) is 113 cm³/mol. The molecule has 28 heavy (non-hydrogen) atoms. The fourth-order valence-corrected chi connectivity index (χ4v) is 3.31. The Morgan fingerprint density at radius 2 is 2.00 bits per heavy atom. The number of amides is 1. The summed E-state index contributed by atoms with van der Waals surface area (Å²) >= 11 is 6.12. The molecule has 1 aliphatic rings. The molecule has 1 saturated heterocycles. The van der Waals surface area contributed by atoms with E-state index in [1.54, 1.807) is 11.1 Å². The molecule has 2 aromatic heterocycles. The van der Waals surface area contributed by atoms with Crippen LogP contribution in [-0.4, -0.2) is 47.1 Å². The van der Waals surface area contributed by atoms with Gasteiger partial charge in [0.05, 0.1) is 24.5 Å². The molecule has 1 N–H and O–H groups in total. The van der Waals surface area contributed by atoms with Crippen LogP contribution in [0.3, 0.4) is 0 Å². The van der Waals surface area contributed by atoms with Crippen molar-refractivity contribution in [2.75, 3.05) is 31.6 Å². The summed E-state index contributed by atoms with van der Waals surface area (Å²) in [6, 6.07) is 11.2. The van der Waals surface area contributed by atoms with Crippen molar-refractivity contribution in [1.82, 2.24) is 14.9 Å². The first kappa shape index (κ1) is 20.3. The lowest BCUT2D eigenvalue weighted by molar-refractivity contribution is 0.0303. The van der Waals surface area contributed by atoms with Crippen LogP contribution in [-0.2, 0) is 4.74 Å². The van der Waals surface area contributed by atoms with E-state index >= 15 is 0 Å². The molecule has 0 atom stereocenters. The molecule has 1 aromatic carbocycles. The van der Waals surface area contributed by atoms with E-state index in [4.69, 9.17) is 16.3 Å². The summed E-state index contributed by atoms with van der Waals surface area (Å²) in [6.45, 7) is 4.15. The number of ether oxygens (including phenoxy) is 1. The molecule has 1 fully saturated rings. The first-order chi connectivity index (χ1) is 13.1. The van der Waals surface area contributed by atoms with E-state index in [1.807, 2.05) is 43.3 Å². The Kier molecular flexibility index (Phi) is 6.34. The first-order valence-corrected chi connectivity index (χ1v) is 9.15. The summed E-state index contributed by atoms with van der Waals surface area (Å²) in [5.41, 5.74) is 3.46. The molecule has 4 rings (SSSR count). The maximum Gasteiger partial charge on any atom is 0.257 e. The number of anilines is 2. The van der Waals surface area contributed by atoms with Gasteiger partial charge in [-0.3, -0.25) is 4.79 Å². The van der Waals surface area contributed by atoms with Crippen LogP contribution in [0.4, 0.5) is 11.4 Å². The van der Waals surface area contributed by atoms with Gasteiger partial charge in [-0.15, -0.1) is 12.4 Å². The van der Waals surface area contributed by atoms with E-state index in [9.17, 15) is 4.79 Å². The smallest absolute Gasteiger partial charge is 0.257 e. The van der Waals surface area contributed by atoms with Gasteiger partial charge in [0.15, 0.2) is 5.65 Å². The van der Waals surface area contributed by atoms with E-state index < -0.39 is 0 Å². The molecule has 8 heteroatoms. The van der Waals surface area contributed by atoms with Gasteiger partial charge in [-0.05, 0) is 37.3 Å². The number of nitrogens with zero attached hydrogens (tertiary/aromatic N) is 3. The van der Waals surface area contributed by atoms with Crippen molar-refractivity contribution >= 4 is 52.3 Å². The molecule has 0 aliphatic carbocycles. The lowest BCUT2D eigenvalue weighted by Gasteiger charge is -2.27. The molecule has 0 unspecified atom stereocenters. The first-order valence-electron chi connectivity index (χ1n) is 8.78. The number of fused-ring (bicyclic) bond motifs is 1. The van der Waals surface area contributed by atoms with Gasteiger partial charge in [0.1, 0.15) is 0 Å². The quantitative estimate of drug-likeness (QED) is 0.688. The summed E-state index contributed by atoms with van der Waals surface area (Å²) in [5.74, 6) is -0.0715. The molecule has 0 radical (unpaired) electrons. The van der Waals surface area contributed by atoms with Crippen LogP contribution in [0.2, 0.25) is 5.02 Å². The second-order valence-corrected chi connectivity index (χ2v) is 6.85. The van der Waals surface area contributed by atoms with E-state index in [1.165, 1.54) is 0 Å². The molecule has 0 bridgehead atoms. The number of halogens is 2. The number of morpholine rings is 1. The summed E-state index contributed by atoms with van der Waals surface area (Å²) in [5, 5.41) is 4.76. The number of rotatable bonds is 3. The highest BCUT2D eigenvalue weighted by molar-refractivity contribution is 6.30. The fourth-order valence-electron chi connectivity index (χ4n) is 3.12. The molecular formula is C20H20Cl2N4O2. The van der Waals surface area contributed by atoms with Gasteiger partial charge < -0.3 is 15.0 Å². The van der Waals surface area contributed by atoms with Crippen molar-refractivity contribution in [3.63, 3.8) is 0 Å². The molecule has 0 spiro atoms. The molecule has 1 aliphatic heterocycles. The van der Waals surface area contributed by atoms with E-state index in [2.05, 4.69) is 15.3 Å². The number of hydrogen-bond donors (Lipinski definition) is 1. The van der Waals surface area contributed by atoms with E-state index in [-0.39, 0.29) is 18.3 Å². The normalized spacial score (nSPS) is 13.9. The topological polar surface area (TPSA) is 67.4 Å². The Morgan fingerprint density at radius 3 is 2.75 bits per heavy atom. The monoisotopic (exact) mass is 418 g/mol. The maximum atomic E-state index is 13.1. The van der Waals surface area contributed by atoms with Crippen LogP contribution in [0.5, 0.6) is 0 Å². The average molecular weight is 419 g/mol. The SMILES string of the molecule is Cc1ccc2c(Nc3cccc(Cl)c3)c(C(=O)N3CCOCC3)cnc2n1.Cl. The van der Waals surface area contributed by atoms with Gasteiger partial charge in [-0.1, -0.05) is 17.7 Å². The lowest BCUT2D eigenvalue weighted by Crippen LogP contribution is -2.41. The van der Waals surface area contributed by atoms with E-state index in [0.29, 0.717) is 48.2 Å². The minimum absolute atomic E-state index is 0. The summed E-state index contributed by atoms with van der Waals surface area (Å²) < 4.78 is 5.36. The number of hydrogen-bond acceptors (Lipinski definition) is 5. The van der Waals surface area contributed by atoms with Crippen LogP contribution in [0, 0.1) is 6.92 Å². The number of aryl methyl sites for hydroxylation is 1. The van der Waals surface area contributed by atoms with Gasteiger partial charge in [0, 0.05) is 41.1 Å². The predicted octanol–water partition coefficient (Wildman–Crippen LogP) is 4.23. The van der Waals surface area contributed by atoms with Gasteiger partial charge in [-0.2, -0.15) is 0 Å². The Hall–Kier alpha value is -2.41. The molecule has 146 valence electrons. The van der Waals surface area contributed by atoms with Gasteiger partial charge >= 0.3 is 0 Å². The van der Waals surface area contributed by atoms with Crippen LogP contribution in [0.1, 0.15) is 16.1 Å². The average Bonchev–Trinajstić information content (AvgIpc) is 2.68. The van der Waals surface area contributed by atoms with Crippen LogP contribution < -0.4 is 5.32 Å². The third-order valence-corrected chi connectivity index (χ3v) is 4.73. The summed E-state index contributed by atoms with van der Waals surface area (Å²) in [7, 11) is 0. The van der Waals surface area contributed by atoms with Gasteiger partial charge in [-0.25, -0.2) is 9.97 Å². The van der Waals surface area contributed by atoms with Crippen molar-refractivity contribution < 1.29 is 9.53 Å². The zero-order chi connectivity index (χ0) is 18.8. The Morgan fingerprint density at radius 1 is 1.21 bits per heavy atom. The van der Waals surface area contributed by atoms with Crippen molar-refractivity contribution in [3.05, 3.63) is 58.9 Å². The second kappa shape index (κ2) is 8.73. The third kappa shape index (κ3) is 4.19. The van der Waals surface area contributed by atoms with Crippen molar-refractivity contribution in [3.8, 4) is 0 Å². The molecular weight excluding hydrogens is 399 g/mol. The third-order valence-electron chi connectivity index (χ3n) is 4.49. The number of nitrogens with one attached hydrogen (secondary N) is 1.